The number of nitrogens with one attached hydrogen (secondary N) is 2. The average molecular weight is 340 g/mol. The van der Waals surface area contributed by atoms with Crippen molar-refractivity contribution >= 4 is 23.4 Å². The smallest absolute Gasteiger partial charge is 0.225 e. The van der Waals surface area contributed by atoms with E-state index in [1.54, 1.807) is 6.20 Å². The van der Waals surface area contributed by atoms with Crippen LogP contribution < -0.4 is 10.6 Å². The summed E-state index contributed by atoms with van der Waals surface area (Å²) in [6, 6.07) is 15.4. The molecule has 0 bridgehead atoms. The number of halogens is 1. The summed E-state index contributed by atoms with van der Waals surface area (Å²) < 4.78 is 0. The predicted molar refractivity (Wildman–Crippen MR) is 98.2 cm³/mol. The molecule has 0 aliphatic carbocycles. The van der Waals surface area contributed by atoms with Gasteiger partial charge in [-0.25, -0.2) is 4.98 Å². The largest absolute Gasteiger partial charge is 0.366 e. The molecule has 0 fully saturated rings. The van der Waals surface area contributed by atoms with Crippen LogP contribution in [-0.4, -0.2) is 21.5 Å². The van der Waals surface area contributed by atoms with Crippen LogP contribution >= 0.6 is 11.6 Å². The van der Waals surface area contributed by atoms with E-state index in [2.05, 4.69) is 25.6 Å². The SMILES string of the molecule is CCNc1nc(NCc2cccc(Cl)c2)cc(-c2ccccn2)n1. The number of hydrogen-bond donors (Lipinski definition) is 2. The first-order chi connectivity index (χ1) is 11.7. The Kier molecular flexibility index (Phi) is 5.23. The van der Waals surface area contributed by atoms with E-state index < -0.39 is 0 Å². The number of anilines is 2. The first kappa shape index (κ1) is 16.2. The molecule has 0 saturated carbocycles. The van der Waals surface area contributed by atoms with Crippen molar-refractivity contribution in [2.75, 3.05) is 17.2 Å². The molecule has 0 spiro atoms. The lowest BCUT2D eigenvalue weighted by Crippen LogP contribution is -2.07. The highest BCUT2D eigenvalue weighted by Gasteiger charge is 2.07. The van der Waals surface area contributed by atoms with Crippen molar-refractivity contribution in [2.24, 2.45) is 0 Å². The standard InChI is InChI=1S/C18H18ClN5/c1-2-20-18-23-16(15-8-3-4-9-21-15)11-17(24-18)22-12-13-6-5-7-14(19)10-13/h3-11H,2,12H2,1H3,(H2,20,22,23,24). The van der Waals surface area contributed by atoms with Gasteiger partial charge in [0.15, 0.2) is 0 Å². The third-order valence-electron chi connectivity index (χ3n) is 3.35. The Morgan fingerprint density at radius 3 is 2.62 bits per heavy atom. The summed E-state index contributed by atoms with van der Waals surface area (Å²) in [5.74, 6) is 1.32. The number of pyridine rings is 1. The van der Waals surface area contributed by atoms with E-state index in [0.717, 1.165) is 34.3 Å². The van der Waals surface area contributed by atoms with Gasteiger partial charge in [0.05, 0.1) is 11.4 Å². The van der Waals surface area contributed by atoms with E-state index in [1.165, 1.54) is 0 Å². The third kappa shape index (κ3) is 4.20. The van der Waals surface area contributed by atoms with Crippen LogP contribution in [0, 0.1) is 0 Å². The molecule has 2 aromatic heterocycles. The highest BCUT2D eigenvalue weighted by molar-refractivity contribution is 6.30. The molecule has 3 rings (SSSR count). The van der Waals surface area contributed by atoms with Crippen molar-refractivity contribution in [3.63, 3.8) is 0 Å². The maximum absolute atomic E-state index is 6.03. The van der Waals surface area contributed by atoms with Crippen molar-refractivity contribution in [3.05, 3.63) is 65.3 Å². The number of hydrogen-bond acceptors (Lipinski definition) is 5. The maximum atomic E-state index is 6.03. The van der Waals surface area contributed by atoms with Gasteiger partial charge in [0, 0.05) is 30.4 Å². The van der Waals surface area contributed by atoms with Gasteiger partial charge in [-0.2, -0.15) is 4.98 Å². The van der Waals surface area contributed by atoms with Crippen LogP contribution in [0.2, 0.25) is 5.02 Å². The van der Waals surface area contributed by atoms with Gasteiger partial charge in [-0.05, 0) is 36.8 Å². The zero-order valence-electron chi connectivity index (χ0n) is 13.3. The van der Waals surface area contributed by atoms with E-state index in [0.29, 0.717) is 12.5 Å². The van der Waals surface area contributed by atoms with Crippen LogP contribution in [0.1, 0.15) is 12.5 Å². The normalized spacial score (nSPS) is 10.4. The lowest BCUT2D eigenvalue weighted by molar-refractivity contribution is 1.05. The Labute approximate surface area is 146 Å². The zero-order valence-corrected chi connectivity index (χ0v) is 14.1. The van der Waals surface area contributed by atoms with Crippen molar-refractivity contribution < 1.29 is 0 Å². The molecule has 0 saturated heterocycles. The highest BCUT2D eigenvalue weighted by Crippen LogP contribution is 2.20. The van der Waals surface area contributed by atoms with Crippen LogP contribution in [0.4, 0.5) is 11.8 Å². The molecule has 2 heterocycles. The summed E-state index contributed by atoms with van der Waals surface area (Å²) in [6.07, 6.45) is 1.75. The number of benzene rings is 1. The van der Waals surface area contributed by atoms with Gasteiger partial charge in [-0.3, -0.25) is 4.98 Å². The van der Waals surface area contributed by atoms with Crippen molar-refractivity contribution in [3.8, 4) is 11.4 Å². The second kappa shape index (κ2) is 7.75. The molecule has 6 heteroatoms. The molecule has 2 N–H and O–H groups in total. The van der Waals surface area contributed by atoms with Crippen LogP contribution in [0.15, 0.2) is 54.7 Å². The lowest BCUT2D eigenvalue weighted by atomic mass is 10.2. The van der Waals surface area contributed by atoms with Crippen LogP contribution in [0.3, 0.4) is 0 Å². The van der Waals surface area contributed by atoms with Crippen molar-refractivity contribution in [2.45, 2.75) is 13.5 Å². The highest BCUT2D eigenvalue weighted by atomic mass is 35.5. The number of rotatable bonds is 6. The Morgan fingerprint density at radius 1 is 0.958 bits per heavy atom. The fourth-order valence-electron chi connectivity index (χ4n) is 2.26. The van der Waals surface area contributed by atoms with E-state index in [9.17, 15) is 0 Å². The molecule has 0 aliphatic rings. The van der Waals surface area contributed by atoms with E-state index in [1.807, 2.05) is 55.5 Å². The van der Waals surface area contributed by atoms with Gasteiger partial charge in [0.25, 0.3) is 0 Å². The average Bonchev–Trinajstić information content (AvgIpc) is 2.61. The monoisotopic (exact) mass is 339 g/mol. The molecule has 3 aromatic rings. The molecular formula is C18H18ClN5. The molecule has 5 nitrogen and oxygen atoms in total. The number of aromatic nitrogens is 3. The molecule has 1 aromatic carbocycles. The van der Waals surface area contributed by atoms with Gasteiger partial charge in [0.1, 0.15) is 5.82 Å². The fourth-order valence-corrected chi connectivity index (χ4v) is 2.47. The zero-order chi connectivity index (χ0) is 16.8. The Bertz CT molecular complexity index is 808. The second-order valence-corrected chi connectivity index (χ2v) is 5.63. The van der Waals surface area contributed by atoms with Gasteiger partial charge in [-0.15, -0.1) is 0 Å². The third-order valence-corrected chi connectivity index (χ3v) is 3.59. The molecular weight excluding hydrogens is 322 g/mol. The van der Waals surface area contributed by atoms with E-state index >= 15 is 0 Å². The fraction of sp³-hybridized carbons (Fsp3) is 0.167. The lowest BCUT2D eigenvalue weighted by Gasteiger charge is -2.10. The summed E-state index contributed by atoms with van der Waals surface area (Å²) >= 11 is 6.03. The van der Waals surface area contributed by atoms with Crippen LogP contribution in [-0.2, 0) is 6.54 Å². The topological polar surface area (TPSA) is 62.7 Å². The quantitative estimate of drug-likeness (QED) is 0.703. The van der Waals surface area contributed by atoms with Crippen molar-refractivity contribution in [1.29, 1.82) is 0 Å². The molecule has 0 amide bonds. The van der Waals surface area contributed by atoms with E-state index in [4.69, 9.17) is 11.6 Å². The molecule has 0 atom stereocenters. The molecule has 122 valence electrons. The Hall–Kier alpha value is -2.66. The molecule has 0 radical (unpaired) electrons. The molecule has 0 aliphatic heterocycles. The summed E-state index contributed by atoms with van der Waals surface area (Å²) in [4.78, 5) is 13.4. The Balaban J connectivity index is 1.85. The summed E-state index contributed by atoms with van der Waals surface area (Å²) in [5.41, 5.74) is 2.67. The Morgan fingerprint density at radius 2 is 1.88 bits per heavy atom. The van der Waals surface area contributed by atoms with Crippen LogP contribution in [0.25, 0.3) is 11.4 Å². The van der Waals surface area contributed by atoms with Gasteiger partial charge in [-0.1, -0.05) is 29.8 Å². The summed E-state index contributed by atoms with van der Waals surface area (Å²) in [7, 11) is 0. The summed E-state index contributed by atoms with van der Waals surface area (Å²) in [5, 5.41) is 7.20. The second-order valence-electron chi connectivity index (χ2n) is 5.19. The molecule has 0 unspecified atom stereocenters. The minimum absolute atomic E-state index is 0.578. The van der Waals surface area contributed by atoms with Crippen LogP contribution in [0.5, 0.6) is 0 Å². The maximum Gasteiger partial charge on any atom is 0.225 e. The first-order valence-corrected chi connectivity index (χ1v) is 8.15. The first-order valence-electron chi connectivity index (χ1n) is 7.77. The predicted octanol–water partition coefficient (Wildman–Crippen LogP) is 4.24. The van der Waals surface area contributed by atoms with E-state index in [-0.39, 0.29) is 0 Å². The summed E-state index contributed by atoms with van der Waals surface area (Å²) in [6.45, 7) is 3.39. The van der Waals surface area contributed by atoms with Gasteiger partial charge in [0.2, 0.25) is 5.95 Å². The van der Waals surface area contributed by atoms with Crippen molar-refractivity contribution in [1.82, 2.24) is 15.0 Å². The minimum atomic E-state index is 0.578. The van der Waals surface area contributed by atoms with Gasteiger partial charge >= 0.3 is 0 Å². The molecule has 24 heavy (non-hydrogen) atoms. The number of nitrogens with zero attached hydrogens (tertiary/aromatic N) is 3. The van der Waals surface area contributed by atoms with Gasteiger partial charge < -0.3 is 10.6 Å². The minimum Gasteiger partial charge on any atom is -0.366 e.